The van der Waals surface area contributed by atoms with Crippen molar-refractivity contribution >= 4 is 0 Å². The summed E-state index contributed by atoms with van der Waals surface area (Å²) in [5.74, 6) is 0. The van der Waals surface area contributed by atoms with Crippen LogP contribution in [0.15, 0.2) is 24.3 Å². The number of nitrogens with two attached hydrogens (primary N) is 1. The molecule has 0 amide bonds. The Morgan fingerprint density at radius 1 is 1.10 bits per heavy atom. The molecular weight excluding hydrogens is 258 g/mol. The van der Waals surface area contributed by atoms with Gasteiger partial charge < -0.3 is 10.8 Å². The summed E-state index contributed by atoms with van der Waals surface area (Å²) >= 11 is 0. The Balaban J connectivity index is 2.30. The fourth-order valence-corrected chi connectivity index (χ4v) is 3.67. The summed E-state index contributed by atoms with van der Waals surface area (Å²) in [6.07, 6.45) is 5.29. The van der Waals surface area contributed by atoms with Gasteiger partial charge in [-0.3, -0.25) is 0 Å². The zero-order valence-corrected chi connectivity index (χ0v) is 14.1. The van der Waals surface area contributed by atoms with Gasteiger partial charge in [0, 0.05) is 12.0 Å². The van der Waals surface area contributed by atoms with Gasteiger partial charge >= 0.3 is 0 Å². The summed E-state index contributed by atoms with van der Waals surface area (Å²) in [4.78, 5) is 0. The van der Waals surface area contributed by atoms with Gasteiger partial charge in [-0.2, -0.15) is 0 Å². The van der Waals surface area contributed by atoms with E-state index in [0.29, 0.717) is 12.0 Å². The average molecular weight is 289 g/mol. The van der Waals surface area contributed by atoms with Gasteiger partial charge in [0.15, 0.2) is 0 Å². The summed E-state index contributed by atoms with van der Waals surface area (Å²) in [6, 6.07) is 8.41. The van der Waals surface area contributed by atoms with E-state index in [0.717, 1.165) is 37.7 Å². The third kappa shape index (κ3) is 3.02. The minimum atomic E-state index is -0.857. The third-order valence-electron chi connectivity index (χ3n) is 5.91. The molecule has 1 saturated carbocycles. The first-order valence-corrected chi connectivity index (χ1v) is 8.28. The normalized spacial score (nSPS) is 23.5. The lowest BCUT2D eigenvalue weighted by atomic mass is 9.57. The fourth-order valence-electron chi connectivity index (χ4n) is 3.67. The van der Waals surface area contributed by atoms with E-state index in [1.807, 2.05) is 6.92 Å². The van der Waals surface area contributed by atoms with Crippen molar-refractivity contribution in [3.05, 3.63) is 35.4 Å². The van der Waals surface area contributed by atoms with Crippen molar-refractivity contribution in [2.45, 2.75) is 65.4 Å². The van der Waals surface area contributed by atoms with Crippen LogP contribution in [0.5, 0.6) is 0 Å². The molecule has 0 spiro atoms. The molecule has 0 aliphatic heterocycles. The highest BCUT2D eigenvalue weighted by Crippen LogP contribution is 2.53. The molecule has 1 aliphatic carbocycles. The Morgan fingerprint density at radius 3 is 2.05 bits per heavy atom. The molecule has 118 valence electrons. The second-order valence-corrected chi connectivity index (χ2v) is 7.77. The van der Waals surface area contributed by atoms with Crippen LogP contribution < -0.4 is 5.73 Å². The number of aliphatic hydroxyl groups is 1. The van der Waals surface area contributed by atoms with Crippen LogP contribution in [-0.2, 0) is 12.0 Å². The largest absolute Gasteiger partial charge is 0.385 e. The Labute approximate surface area is 129 Å². The molecule has 2 nitrogen and oxygen atoms in total. The van der Waals surface area contributed by atoms with E-state index in [1.54, 1.807) is 0 Å². The van der Waals surface area contributed by atoms with Crippen LogP contribution >= 0.6 is 0 Å². The minimum absolute atomic E-state index is 0.198. The Hall–Kier alpha value is -0.860. The van der Waals surface area contributed by atoms with Gasteiger partial charge in [-0.05, 0) is 55.6 Å². The number of rotatable bonds is 4. The topological polar surface area (TPSA) is 46.2 Å². The van der Waals surface area contributed by atoms with E-state index in [9.17, 15) is 5.11 Å². The van der Waals surface area contributed by atoms with Crippen molar-refractivity contribution in [1.29, 1.82) is 0 Å². The summed E-state index contributed by atoms with van der Waals surface area (Å²) < 4.78 is 0. The quantitative estimate of drug-likeness (QED) is 0.880. The zero-order valence-electron chi connectivity index (χ0n) is 14.1. The first-order valence-electron chi connectivity index (χ1n) is 8.28. The molecule has 2 heteroatoms. The van der Waals surface area contributed by atoms with E-state index in [-0.39, 0.29) is 5.41 Å². The van der Waals surface area contributed by atoms with E-state index in [4.69, 9.17) is 5.73 Å². The second-order valence-electron chi connectivity index (χ2n) is 7.77. The lowest BCUT2D eigenvalue weighted by Gasteiger charge is -2.51. The van der Waals surface area contributed by atoms with Crippen LogP contribution in [0.3, 0.4) is 0 Å². The van der Waals surface area contributed by atoms with Gasteiger partial charge in [0.05, 0.1) is 5.60 Å². The lowest BCUT2D eigenvalue weighted by Crippen LogP contribution is -2.51. The van der Waals surface area contributed by atoms with E-state index >= 15 is 0 Å². The highest BCUT2D eigenvalue weighted by atomic mass is 16.3. The van der Waals surface area contributed by atoms with E-state index < -0.39 is 5.60 Å². The molecule has 1 fully saturated rings. The molecule has 1 unspecified atom stereocenters. The molecule has 0 heterocycles. The van der Waals surface area contributed by atoms with E-state index in [1.165, 1.54) is 5.56 Å². The van der Waals surface area contributed by atoms with Crippen LogP contribution in [0.25, 0.3) is 0 Å². The first kappa shape index (κ1) is 16.5. The molecule has 2 rings (SSSR count). The number of benzene rings is 1. The van der Waals surface area contributed by atoms with Gasteiger partial charge in [0.25, 0.3) is 0 Å². The maximum Gasteiger partial charge on any atom is 0.0936 e. The van der Waals surface area contributed by atoms with Crippen molar-refractivity contribution in [2.75, 3.05) is 6.54 Å². The highest BCUT2D eigenvalue weighted by molar-refractivity contribution is 5.29. The summed E-state index contributed by atoms with van der Waals surface area (Å²) in [5, 5.41) is 11.3. The number of aryl methyl sites for hydroxylation is 1. The molecule has 1 aliphatic rings. The van der Waals surface area contributed by atoms with Crippen LogP contribution in [-0.4, -0.2) is 11.7 Å². The van der Waals surface area contributed by atoms with Gasteiger partial charge in [-0.25, -0.2) is 0 Å². The van der Waals surface area contributed by atoms with Crippen LogP contribution in [0.4, 0.5) is 0 Å². The summed E-state index contributed by atoms with van der Waals surface area (Å²) in [6.45, 7) is 9.29. The van der Waals surface area contributed by atoms with Gasteiger partial charge in [-0.15, -0.1) is 0 Å². The Bertz CT molecular complexity index is 463. The molecular formula is C19H31NO. The molecule has 1 atom stereocenters. The van der Waals surface area contributed by atoms with Crippen molar-refractivity contribution in [1.82, 2.24) is 0 Å². The SMILES string of the molecule is CCc1ccc(C(C)(O)C2(CN)CCC(C)(C)CC2)cc1. The summed E-state index contributed by atoms with van der Waals surface area (Å²) in [7, 11) is 0. The fraction of sp³-hybridized carbons (Fsp3) is 0.684. The predicted molar refractivity (Wildman–Crippen MR) is 89.1 cm³/mol. The molecule has 0 saturated heterocycles. The molecule has 0 radical (unpaired) electrons. The molecule has 1 aromatic rings. The van der Waals surface area contributed by atoms with Crippen molar-refractivity contribution in [3.63, 3.8) is 0 Å². The maximum atomic E-state index is 11.3. The smallest absolute Gasteiger partial charge is 0.0936 e. The second kappa shape index (κ2) is 5.73. The third-order valence-corrected chi connectivity index (χ3v) is 5.91. The highest BCUT2D eigenvalue weighted by Gasteiger charge is 2.50. The predicted octanol–water partition coefficient (Wildman–Crippen LogP) is 4.00. The van der Waals surface area contributed by atoms with Crippen LogP contribution in [0, 0.1) is 10.8 Å². The van der Waals surface area contributed by atoms with Crippen molar-refractivity contribution in [3.8, 4) is 0 Å². The van der Waals surface area contributed by atoms with Gasteiger partial charge in [-0.1, -0.05) is 45.0 Å². The van der Waals surface area contributed by atoms with Crippen LogP contribution in [0.1, 0.15) is 64.5 Å². The van der Waals surface area contributed by atoms with Gasteiger partial charge in [0.1, 0.15) is 0 Å². The lowest BCUT2D eigenvalue weighted by molar-refractivity contribution is -0.105. The Kier molecular flexibility index (Phi) is 4.51. The first-order chi connectivity index (χ1) is 9.76. The minimum Gasteiger partial charge on any atom is -0.385 e. The summed E-state index contributed by atoms with van der Waals surface area (Å²) in [5.41, 5.74) is 7.78. The molecule has 3 N–H and O–H groups in total. The molecule has 21 heavy (non-hydrogen) atoms. The Morgan fingerprint density at radius 2 is 1.62 bits per heavy atom. The average Bonchev–Trinajstić information content (AvgIpc) is 2.47. The van der Waals surface area contributed by atoms with E-state index in [2.05, 4.69) is 45.0 Å². The molecule has 0 bridgehead atoms. The van der Waals surface area contributed by atoms with Crippen LogP contribution in [0.2, 0.25) is 0 Å². The van der Waals surface area contributed by atoms with Crippen molar-refractivity contribution in [2.24, 2.45) is 16.6 Å². The van der Waals surface area contributed by atoms with Gasteiger partial charge in [0.2, 0.25) is 0 Å². The molecule has 1 aromatic carbocycles. The number of hydrogen-bond donors (Lipinski definition) is 2. The maximum absolute atomic E-state index is 11.3. The monoisotopic (exact) mass is 289 g/mol. The standard InChI is InChI=1S/C19H31NO/c1-5-15-6-8-16(9-7-15)18(4,21)19(14-20)12-10-17(2,3)11-13-19/h6-9,21H,5,10-14,20H2,1-4H3. The zero-order chi connectivity index (χ0) is 15.7. The number of hydrogen-bond acceptors (Lipinski definition) is 2. The molecule has 0 aromatic heterocycles. The van der Waals surface area contributed by atoms with Crippen molar-refractivity contribution < 1.29 is 5.11 Å².